The Kier molecular flexibility index (Phi) is 9.35. The van der Waals surface area contributed by atoms with Crippen molar-refractivity contribution in [3.05, 3.63) is 236 Å². The molecule has 3 nitrogen and oxygen atoms in total. The fourth-order valence-corrected chi connectivity index (χ4v) is 9.82. The van der Waals surface area contributed by atoms with Crippen molar-refractivity contribution >= 4 is 43.1 Å². The minimum absolute atomic E-state index is 0.370. The van der Waals surface area contributed by atoms with E-state index in [0.717, 1.165) is 45.6 Å². The summed E-state index contributed by atoms with van der Waals surface area (Å²) < 4.78 is 0. The molecule has 0 saturated heterocycles. The van der Waals surface area contributed by atoms with Gasteiger partial charge >= 0.3 is 0 Å². The van der Waals surface area contributed by atoms with Crippen molar-refractivity contribution < 1.29 is 0 Å². The van der Waals surface area contributed by atoms with Crippen LogP contribution in [0.2, 0.25) is 0 Å². The third-order valence-corrected chi connectivity index (χ3v) is 13.2. The molecule has 3 heteroatoms. The van der Waals surface area contributed by atoms with Gasteiger partial charge in [-0.3, -0.25) is 0 Å². The van der Waals surface area contributed by atoms with E-state index in [1.54, 1.807) is 0 Å². The summed E-state index contributed by atoms with van der Waals surface area (Å²) in [5.41, 5.74) is 10.8. The highest BCUT2D eigenvalue weighted by molar-refractivity contribution is 6.25. The van der Waals surface area contributed by atoms with Gasteiger partial charge in [-0.1, -0.05) is 212 Å². The molecule has 0 N–H and O–H groups in total. The summed E-state index contributed by atoms with van der Waals surface area (Å²) in [5.74, 6) is 2.08. The summed E-state index contributed by atoms with van der Waals surface area (Å²) in [4.78, 5) is 15.6. The van der Waals surface area contributed by atoms with Crippen LogP contribution in [-0.2, 0) is 5.41 Å². The number of benzene rings is 10. The molecule has 0 aliphatic heterocycles. The maximum Gasteiger partial charge on any atom is 0.163 e. The fourth-order valence-electron chi connectivity index (χ4n) is 9.82. The van der Waals surface area contributed by atoms with E-state index < -0.39 is 0 Å². The van der Waals surface area contributed by atoms with E-state index in [1.165, 1.54) is 65.3 Å². The fraction of sp³-hybridized carbons (Fsp3) is 0.0484. The summed E-state index contributed by atoms with van der Waals surface area (Å²) in [6.07, 6.45) is 9.41. The molecular formula is C62H43N3. The Bertz CT molecular complexity index is 3660. The Morgan fingerprint density at radius 2 is 0.877 bits per heavy atom. The number of rotatable bonds is 7. The summed E-state index contributed by atoms with van der Waals surface area (Å²) in [6.45, 7) is 2.21. The molecule has 1 aromatic heterocycles. The first kappa shape index (κ1) is 38.4. The van der Waals surface area contributed by atoms with Gasteiger partial charge in [0.2, 0.25) is 0 Å². The molecule has 11 aromatic rings. The van der Waals surface area contributed by atoms with Crippen molar-refractivity contribution in [2.24, 2.45) is 0 Å². The van der Waals surface area contributed by atoms with Gasteiger partial charge in [0.25, 0.3) is 0 Å². The molecule has 12 rings (SSSR count). The Labute approximate surface area is 378 Å². The van der Waals surface area contributed by atoms with E-state index in [1.807, 2.05) is 6.07 Å². The zero-order valence-corrected chi connectivity index (χ0v) is 36.0. The Hall–Kier alpha value is -8.27. The van der Waals surface area contributed by atoms with E-state index in [-0.39, 0.29) is 5.41 Å². The molecule has 65 heavy (non-hydrogen) atoms. The molecule has 0 saturated carbocycles. The van der Waals surface area contributed by atoms with E-state index >= 15 is 0 Å². The minimum atomic E-state index is -0.370. The summed E-state index contributed by atoms with van der Waals surface area (Å²) in [7, 11) is 0. The lowest BCUT2D eigenvalue weighted by atomic mass is 9.83. The molecule has 306 valence electrons. The van der Waals surface area contributed by atoms with Crippen LogP contribution in [0.1, 0.15) is 19.2 Å². The van der Waals surface area contributed by atoms with Gasteiger partial charge in [-0.15, -0.1) is 0 Å². The number of aromatic nitrogens is 3. The van der Waals surface area contributed by atoms with Crippen LogP contribution in [0.3, 0.4) is 0 Å². The molecule has 1 aliphatic rings. The van der Waals surface area contributed by atoms with Crippen molar-refractivity contribution in [3.63, 3.8) is 0 Å². The standard InChI is InChI=1S/C62H43N3/c1-62(36-12-3-13-37-62)61-64-59(44-30-28-42(29-31-44)41-16-4-2-5-17-41)63-60(65-61)49-22-15-20-47(39-49)51-34-32-43-18-6-7-23-50(43)58(51)48-21-14-19-45(38-48)46-33-35-56-54-26-9-8-24-52(54)53-25-10-11-27-55(53)57(56)40-46/h2-36,38-40H,37H2,1H3. The maximum absolute atomic E-state index is 5.25. The second kappa shape index (κ2) is 15.8. The lowest BCUT2D eigenvalue weighted by Gasteiger charge is -2.25. The van der Waals surface area contributed by atoms with Gasteiger partial charge in [0.1, 0.15) is 5.82 Å². The third-order valence-electron chi connectivity index (χ3n) is 13.2. The average molecular weight is 830 g/mol. The zero-order chi connectivity index (χ0) is 43.3. The van der Waals surface area contributed by atoms with E-state index in [0.29, 0.717) is 11.6 Å². The van der Waals surface area contributed by atoms with Crippen LogP contribution in [0.5, 0.6) is 0 Å². The second-order valence-corrected chi connectivity index (χ2v) is 17.4. The van der Waals surface area contributed by atoms with Gasteiger partial charge in [0.15, 0.2) is 11.6 Å². The quantitative estimate of drug-likeness (QED) is 0.150. The predicted molar refractivity (Wildman–Crippen MR) is 273 cm³/mol. The smallest absolute Gasteiger partial charge is 0.163 e. The van der Waals surface area contributed by atoms with Crippen LogP contribution < -0.4 is 0 Å². The van der Waals surface area contributed by atoms with Crippen LogP contribution in [0, 0.1) is 0 Å². The molecule has 0 spiro atoms. The SMILES string of the molecule is CC1(c2nc(-c3ccc(-c4ccccc4)cc3)nc(-c3cccc(-c4ccc5ccccc5c4-c4cccc(-c5ccc6c7ccccc7c7ccccc7c6c5)c4)c3)n2)C=CC=CC1. The molecule has 1 heterocycles. The number of allylic oxidation sites excluding steroid dienone is 4. The number of nitrogens with zero attached hydrogens (tertiary/aromatic N) is 3. The minimum Gasteiger partial charge on any atom is -0.212 e. The predicted octanol–water partition coefficient (Wildman–Crippen LogP) is 16.3. The van der Waals surface area contributed by atoms with Crippen molar-refractivity contribution in [1.29, 1.82) is 0 Å². The lowest BCUT2D eigenvalue weighted by molar-refractivity contribution is 0.554. The first-order valence-electron chi connectivity index (χ1n) is 22.4. The molecule has 0 radical (unpaired) electrons. The molecule has 1 aliphatic carbocycles. The number of fused-ring (bicyclic) bond motifs is 7. The first-order chi connectivity index (χ1) is 32.1. The molecule has 10 aromatic carbocycles. The van der Waals surface area contributed by atoms with Crippen LogP contribution >= 0.6 is 0 Å². The normalized spacial score (nSPS) is 14.7. The third kappa shape index (κ3) is 6.90. The van der Waals surface area contributed by atoms with Crippen molar-refractivity contribution in [1.82, 2.24) is 15.0 Å². The number of hydrogen-bond acceptors (Lipinski definition) is 3. The van der Waals surface area contributed by atoms with Crippen LogP contribution in [-0.4, -0.2) is 15.0 Å². The second-order valence-electron chi connectivity index (χ2n) is 17.4. The molecule has 0 amide bonds. The Morgan fingerprint density at radius 3 is 1.60 bits per heavy atom. The molecule has 1 atom stereocenters. The van der Waals surface area contributed by atoms with Gasteiger partial charge in [0.05, 0.1) is 0 Å². The highest BCUT2D eigenvalue weighted by Crippen LogP contribution is 2.42. The van der Waals surface area contributed by atoms with E-state index in [2.05, 4.69) is 231 Å². The molecule has 1 unspecified atom stereocenters. The van der Waals surface area contributed by atoms with Crippen molar-refractivity contribution in [2.45, 2.75) is 18.8 Å². The van der Waals surface area contributed by atoms with Crippen molar-refractivity contribution in [2.75, 3.05) is 0 Å². The van der Waals surface area contributed by atoms with Gasteiger partial charge in [0, 0.05) is 16.5 Å². The summed E-state index contributed by atoms with van der Waals surface area (Å²) >= 11 is 0. The van der Waals surface area contributed by atoms with Gasteiger partial charge < -0.3 is 0 Å². The highest BCUT2D eigenvalue weighted by atomic mass is 15.0. The largest absolute Gasteiger partial charge is 0.212 e. The van der Waals surface area contributed by atoms with Crippen molar-refractivity contribution in [3.8, 4) is 67.3 Å². The Balaban J connectivity index is 0.981. The summed E-state index contributed by atoms with van der Waals surface area (Å²) in [5, 5.41) is 10.1. The average Bonchev–Trinajstić information content (AvgIpc) is 3.38. The van der Waals surface area contributed by atoms with Gasteiger partial charge in [-0.25, -0.2) is 15.0 Å². The molecular weight excluding hydrogens is 787 g/mol. The van der Waals surface area contributed by atoms with Gasteiger partial charge in [-0.2, -0.15) is 0 Å². The van der Waals surface area contributed by atoms with E-state index in [4.69, 9.17) is 15.0 Å². The first-order valence-corrected chi connectivity index (χ1v) is 22.4. The highest BCUT2D eigenvalue weighted by Gasteiger charge is 2.29. The van der Waals surface area contributed by atoms with Gasteiger partial charge in [-0.05, 0) is 119 Å². The van der Waals surface area contributed by atoms with E-state index in [9.17, 15) is 0 Å². The maximum atomic E-state index is 5.25. The molecule has 0 bridgehead atoms. The topological polar surface area (TPSA) is 38.7 Å². The van der Waals surface area contributed by atoms with Crippen LogP contribution in [0.25, 0.3) is 110 Å². The molecule has 0 fully saturated rings. The zero-order valence-electron chi connectivity index (χ0n) is 36.0. The number of hydrogen-bond donors (Lipinski definition) is 0. The van der Waals surface area contributed by atoms with Crippen LogP contribution in [0.15, 0.2) is 231 Å². The summed E-state index contributed by atoms with van der Waals surface area (Å²) in [6, 6.07) is 74.5. The van der Waals surface area contributed by atoms with Crippen LogP contribution in [0.4, 0.5) is 0 Å². The monoisotopic (exact) mass is 829 g/mol. The lowest BCUT2D eigenvalue weighted by Crippen LogP contribution is -2.24. The Morgan fingerprint density at radius 1 is 0.354 bits per heavy atom.